The standard InChI is InChI=1S/C11H11FN2O4S/c1-18-11(15)14(19(16,17)7-6-13)8-9-2-4-10(12)5-3-9/h2-5H,7-8H2,1H3. The molecule has 0 unspecified atom stereocenters. The molecule has 0 heterocycles. The van der Waals surface area contributed by atoms with Gasteiger partial charge in [-0.05, 0) is 17.7 Å². The van der Waals surface area contributed by atoms with Gasteiger partial charge in [-0.3, -0.25) is 0 Å². The number of rotatable bonds is 4. The van der Waals surface area contributed by atoms with Crippen molar-refractivity contribution in [1.29, 1.82) is 5.26 Å². The number of carbonyl (C=O) groups excluding carboxylic acids is 1. The van der Waals surface area contributed by atoms with Gasteiger partial charge in [0.2, 0.25) is 0 Å². The van der Waals surface area contributed by atoms with Gasteiger partial charge < -0.3 is 4.74 Å². The summed E-state index contributed by atoms with van der Waals surface area (Å²) in [5.41, 5.74) is 0.397. The van der Waals surface area contributed by atoms with E-state index in [0.717, 1.165) is 19.2 Å². The van der Waals surface area contributed by atoms with Crippen LogP contribution in [0.2, 0.25) is 0 Å². The summed E-state index contributed by atoms with van der Waals surface area (Å²) < 4.78 is 41.0. The van der Waals surface area contributed by atoms with Gasteiger partial charge >= 0.3 is 6.09 Å². The smallest absolute Gasteiger partial charge is 0.423 e. The maximum Gasteiger partial charge on any atom is 0.423 e. The van der Waals surface area contributed by atoms with Crippen molar-refractivity contribution in [2.75, 3.05) is 12.9 Å². The minimum atomic E-state index is -4.09. The van der Waals surface area contributed by atoms with Crippen LogP contribution in [0.4, 0.5) is 9.18 Å². The van der Waals surface area contributed by atoms with Crippen LogP contribution in [-0.4, -0.2) is 31.7 Å². The van der Waals surface area contributed by atoms with Crippen LogP contribution < -0.4 is 0 Å². The number of methoxy groups -OCH3 is 1. The lowest BCUT2D eigenvalue weighted by Gasteiger charge is -2.19. The van der Waals surface area contributed by atoms with Gasteiger partial charge in [-0.25, -0.2) is 17.6 Å². The third kappa shape index (κ3) is 3.93. The Morgan fingerprint density at radius 3 is 2.47 bits per heavy atom. The van der Waals surface area contributed by atoms with E-state index in [9.17, 15) is 17.6 Å². The molecule has 0 saturated carbocycles. The summed E-state index contributed by atoms with van der Waals surface area (Å²) >= 11 is 0. The molecule has 19 heavy (non-hydrogen) atoms. The highest BCUT2D eigenvalue weighted by atomic mass is 32.2. The highest BCUT2D eigenvalue weighted by Crippen LogP contribution is 2.12. The second-order valence-corrected chi connectivity index (χ2v) is 5.41. The van der Waals surface area contributed by atoms with Gasteiger partial charge in [-0.15, -0.1) is 0 Å². The normalized spacial score (nSPS) is 10.6. The van der Waals surface area contributed by atoms with Gasteiger partial charge in [0, 0.05) is 0 Å². The zero-order chi connectivity index (χ0) is 14.5. The second kappa shape index (κ2) is 6.15. The number of hydrogen-bond acceptors (Lipinski definition) is 5. The Labute approximate surface area is 110 Å². The minimum absolute atomic E-state index is 0.322. The number of nitrogens with zero attached hydrogens (tertiary/aromatic N) is 2. The lowest BCUT2D eigenvalue weighted by atomic mass is 10.2. The van der Waals surface area contributed by atoms with Crippen LogP contribution in [0.5, 0.6) is 0 Å². The predicted octanol–water partition coefficient (Wildman–Crippen LogP) is 1.25. The van der Waals surface area contributed by atoms with Crippen LogP contribution in [-0.2, 0) is 21.3 Å². The molecule has 0 radical (unpaired) electrons. The molecular formula is C11H11FN2O4S. The van der Waals surface area contributed by atoms with Crippen molar-refractivity contribution in [2.24, 2.45) is 0 Å². The zero-order valence-corrected chi connectivity index (χ0v) is 10.9. The molecule has 0 spiro atoms. The second-order valence-electron chi connectivity index (χ2n) is 3.52. The first-order valence-corrected chi connectivity index (χ1v) is 6.71. The summed E-state index contributed by atoms with van der Waals surface area (Å²) in [5.74, 6) is -1.32. The molecular weight excluding hydrogens is 275 g/mol. The fraction of sp³-hybridized carbons (Fsp3) is 0.273. The van der Waals surface area contributed by atoms with Crippen molar-refractivity contribution >= 4 is 16.1 Å². The van der Waals surface area contributed by atoms with Gasteiger partial charge in [-0.2, -0.15) is 9.57 Å². The van der Waals surface area contributed by atoms with Gasteiger partial charge in [-0.1, -0.05) is 12.1 Å². The molecule has 1 amide bonds. The van der Waals surface area contributed by atoms with E-state index >= 15 is 0 Å². The summed E-state index contributed by atoms with van der Waals surface area (Å²) in [6.07, 6.45) is -1.10. The largest absolute Gasteiger partial charge is 0.452 e. The lowest BCUT2D eigenvalue weighted by Crippen LogP contribution is -2.37. The maximum absolute atomic E-state index is 12.7. The first-order chi connectivity index (χ1) is 8.90. The van der Waals surface area contributed by atoms with Crippen molar-refractivity contribution in [3.63, 3.8) is 0 Å². The summed E-state index contributed by atoms with van der Waals surface area (Å²) in [4.78, 5) is 11.4. The molecule has 1 aromatic rings. The molecule has 102 valence electrons. The topological polar surface area (TPSA) is 87.5 Å². The molecule has 0 aromatic heterocycles. The highest BCUT2D eigenvalue weighted by molar-refractivity contribution is 7.89. The van der Waals surface area contributed by atoms with E-state index in [1.165, 1.54) is 18.2 Å². The summed E-state index contributed by atoms with van der Waals surface area (Å²) in [5, 5.41) is 8.45. The van der Waals surface area contributed by atoms with Gasteiger partial charge in [0.1, 0.15) is 5.82 Å². The molecule has 0 aliphatic rings. The van der Waals surface area contributed by atoms with Crippen molar-refractivity contribution in [1.82, 2.24) is 4.31 Å². The molecule has 0 saturated heterocycles. The van der Waals surface area contributed by atoms with Crippen molar-refractivity contribution in [3.05, 3.63) is 35.6 Å². The Morgan fingerprint density at radius 2 is 2.00 bits per heavy atom. The van der Waals surface area contributed by atoms with Crippen LogP contribution in [0, 0.1) is 17.1 Å². The Bertz CT molecular complexity index is 592. The monoisotopic (exact) mass is 286 g/mol. The molecule has 6 nitrogen and oxygen atoms in total. The SMILES string of the molecule is COC(=O)N(Cc1ccc(F)cc1)S(=O)(=O)CC#N. The highest BCUT2D eigenvalue weighted by Gasteiger charge is 2.28. The first kappa shape index (κ1) is 14.9. The van der Waals surface area contributed by atoms with E-state index < -0.39 is 27.7 Å². The van der Waals surface area contributed by atoms with Crippen LogP contribution in [0.25, 0.3) is 0 Å². The summed E-state index contributed by atoms with van der Waals surface area (Å²) in [6, 6.07) is 6.43. The van der Waals surface area contributed by atoms with Crippen LogP contribution >= 0.6 is 0 Å². The maximum atomic E-state index is 12.7. The van der Waals surface area contributed by atoms with Crippen LogP contribution in [0.3, 0.4) is 0 Å². The van der Waals surface area contributed by atoms with Gasteiger partial charge in [0.05, 0.1) is 19.7 Å². The molecule has 0 bridgehead atoms. The quantitative estimate of drug-likeness (QED) is 0.831. The number of halogens is 1. The minimum Gasteiger partial charge on any atom is -0.452 e. The number of benzene rings is 1. The fourth-order valence-electron chi connectivity index (χ4n) is 1.29. The molecule has 8 heteroatoms. The number of carbonyl (C=O) groups is 1. The average molecular weight is 286 g/mol. The number of nitriles is 1. The fourth-order valence-corrected chi connectivity index (χ4v) is 2.26. The number of hydrogen-bond donors (Lipinski definition) is 0. The lowest BCUT2D eigenvalue weighted by molar-refractivity contribution is 0.147. The number of ether oxygens (including phenoxy) is 1. The summed E-state index contributed by atoms with van der Waals surface area (Å²) in [7, 11) is -3.06. The number of sulfonamides is 1. The van der Waals surface area contributed by atoms with E-state index in [4.69, 9.17) is 5.26 Å². The van der Waals surface area contributed by atoms with Crippen molar-refractivity contribution in [3.8, 4) is 6.07 Å². The van der Waals surface area contributed by atoms with Gasteiger partial charge in [0.25, 0.3) is 10.0 Å². The first-order valence-electron chi connectivity index (χ1n) is 5.10. The van der Waals surface area contributed by atoms with Crippen molar-refractivity contribution < 1.29 is 22.3 Å². The molecule has 0 aliphatic heterocycles. The van der Waals surface area contributed by atoms with Crippen molar-refractivity contribution in [2.45, 2.75) is 6.54 Å². The Balaban J connectivity index is 3.03. The Kier molecular flexibility index (Phi) is 4.83. The van der Waals surface area contributed by atoms with Crippen LogP contribution in [0.15, 0.2) is 24.3 Å². The van der Waals surface area contributed by atoms with E-state index in [-0.39, 0.29) is 6.54 Å². The molecule has 1 aromatic carbocycles. The zero-order valence-electron chi connectivity index (χ0n) is 10.0. The van der Waals surface area contributed by atoms with E-state index in [1.807, 2.05) is 0 Å². The number of amides is 1. The third-order valence-corrected chi connectivity index (χ3v) is 3.64. The van der Waals surface area contributed by atoms with E-state index in [0.29, 0.717) is 9.87 Å². The van der Waals surface area contributed by atoms with Gasteiger partial charge in [0.15, 0.2) is 5.75 Å². The predicted molar refractivity (Wildman–Crippen MR) is 63.7 cm³/mol. The van der Waals surface area contributed by atoms with E-state index in [2.05, 4.69) is 4.74 Å². The Morgan fingerprint density at radius 1 is 1.42 bits per heavy atom. The molecule has 0 aliphatic carbocycles. The summed E-state index contributed by atoms with van der Waals surface area (Å²) in [6.45, 7) is -0.322. The molecule has 0 N–H and O–H groups in total. The van der Waals surface area contributed by atoms with Crippen LogP contribution in [0.1, 0.15) is 5.56 Å². The molecule has 1 rings (SSSR count). The third-order valence-electron chi connectivity index (χ3n) is 2.20. The molecule has 0 atom stereocenters. The average Bonchev–Trinajstić information content (AvgIpc) is 2.37. The van der Waals surface area contributed by atoms with E-state index in [1.54, 1.807) is 0 Å². The molecule has 0 fully saturated rings. The Hall–Kier alpha value is -2.14.